The first-order valence-electron chi connectivity index (χ1n) is 7.11. The molecule has 0 saturated heterocycles. The zero-order chi connectivity index (χ0) is 14.8. The molecule has 3 nitrogen and oxygen atoms in total. The molecule has 1 fully saturated rings. The highest BCUT2D eigenvalue weighted by Crippen LogP contribution is 2.47. The molecule has 1 aromatic heterocycles. The van der Waals surface area contributed by atoms with E-state index in [1.165, 1.54) is 5.56 Å². The van der Waals surface area contributed by atoms with E-state index in [0.29, 0.717) is 10.9 Å². The third-order valence-corrected chi connectivity index (χ3v) is 4.34. The summed E-state index contributed by atoms with van der Waals surface area (Å²) in [6.07, 6.45) is 4.45. The minimum atomic E-state index is -0.0788. The van der Waals surface area contributed by atoms with Crippen molar-refractivity contribution in [3.05, 3.63) is 64.9 Å². The van der Waals surface area contributed by atoms with Gasteiger partial charge < -0.3 is 5.32 Å². The van der Waals surface area contributed by atoms with Gasteiger partial charge in [-0.15, -0.1) is 0 Å². The Morgan fingerprint density at radius 2 is 2.00 bits per heavy atom. The van der Waals surface area contributed by atoms with Gasteiger partial charge in [0, 0.05) is 23.3 Å². The first kappa shape index (κ1) is 14.1. The number of amides is 1. The molecule has 1 aliphatic rings. The van der Waals surface area contributed by atoms with Crippen LogP contribution >= 0.6 is 11.6 Å². The molecule has 0 aliphatic heterocycles. The van der Waals surface area contributed by atoms with E-state index in [-0.39, 0.29) is 17.9 Å². The first-order valence-corrected chi connectivity index (χ1v) is 7.49. The minimum Gasteiger partial charge on any atom is -0.349 e. The van der Waals surface area contributed by atoms with Crippen molar-refractivity contribution in [3.63, 3.8) is 0 Å². The molecule has 1 amide bonds. The fourth-order valence-electron chi connectivity index (χ4n) is 2.69. The van der Waals surface area contributed by atoms with Crippen LogP contribution < -0.4 is 5.32 Å². The third kappa shape index (κ3) is 3.08. The molecule has 2 aromatic rings. The van der Waals surface area contributed by atoms with Gasteiger partial charge in [-0.25, -0.2) is 0 Å². The van der Waals surface area contributed by atoms with Crippen LogP contribution in [0.1, 0.15) is 36.4 Å². The van der Waals surface area contributed by atoms with Gasteiger partial charge >= 0.3 is 0 Å². The van der Waals surface area contributed by atoms with Crippen LogP contribution in [0, 0.1) is 5.92 Å². The number of carbonyl (C=O) groups excluding carboxylic acids is 1. The van der Waals surface area contributed by atoms with E-state index in [0.717, 1.165) is 12.0 Å². The highest BCUT2D eigenvalue weighted by molar-refractivity contribution is 6.31. The number of pyridine rings is 1. The molecule has 0 bridgehead atoms. The highest BCUT2D eigenvalue weighted by Gasteiger charge is 2.44. The summed E-state index contributed by atoms with van der Waals surface area (Å²) in [6.45, 7) is 1.96. The second kappa shape index (κ2) is 5.86. The standard InChI is InChI=1S/C17H17ClN2O/c1-11(13-4-2-3-5-16(13)18)20-17(21)15-10-14(15)12-6-8-19-9-7-12/h2-9,11,14-15H,10H2,1H3,(H,20,21)/t11-,14-,15-/m0/s1. The van der Waals surface area contributed by atoms with Crippen molar-refractivity contribution in [3.8, 4) is 0 Å². The number of nitrogens with one attached hydrogen (secondary N) is 1. The molecule has 3 atom stereocenters. The summed E-state index contributed by atoms with van der Waals surface area (Å²) in [5.41, 5.74) is 2.14. The fraction of sp³-hybridized carbons (Fsp3) is 0.294. The highest BCUT2D eigenvalue weighted by atomic mass is 35.5. The van der Waals surface area contributed by atoms with Gasteiger partial charge in [0.15, 0.2) is 0 Å². The Labute approximate surface area is 129 Å². The van der Waals surface area contributed by atoms with Crippen LogP contribution in [0.5, 0.6) is 0 Å². The second-order valence-electron chi connectivity index (χ2n) is 5.48. The number of hydrogen-bond acceptors (Lipinski definition) is 2. The summed E-state index contributed by atoms with van der Waals surface area (Å²) in [6, 6.07) is 11.5. The molecule has 0 spiro atoms. The second-order valence-corrected chi connectivity index (χ2v) is 5.89. The number of carbonyl (C=O) groups is 1. The van der Waals surface area contributed by atoms with Crippen LogP contribution in [0.25, 0.3) is 0 Å². The van der Waals surface area contributed by atoms with E-state index in [4.69, 9.17) is 11.6 Å². The molecule has 108 valence electrons. The van der Waals surface area contributed by atoms with E-state index in [1.54, 1.807) is 12.4 Å². The topological polar surface area (TPSA) is 42.0 Å². The Balaban J connectivity index is 1.62. The lowest BCUT2D eigenvalue weighted by Crippen LogP contribution is -2.28. The van der Waals surface area contributed by atoms with Gasteiger partial charge in [-0.2, -0.15) is 0 Å². The van der Waals surface area contributed by atoms with Crippen LogP contribution in [-0.2, 0) is 4.79 Å². The summed E-state index contributed by atoms with van der Waals surface area (Å²) in [5, 5.41) is 3.75. The molecule has 1 saturated carbocycles. The molecule has 21 heavy (non-hydrogen) atoms. The van der Waals surface area contributed by atoms with E-state index in [1.807, 2.05) is 43.3 Å². The third-order valence-electron chi connectivity index (χ3n) is 3.99. The van der Waals surface area contributed by atoms with E-state index >= 15 is 0 Å². The number of rotatable bonds is 4. The average Bonchev–Trinajstić information content (AvgIpc) is 3.29. The Morgan fingerprint density at radius 3 is 2.71 bits per heavy atom. The predicted molar refractivity (Wildman–Crippen MR) is 83.1 cm³/mol. The largest absolute Gasteiger partial charge is 0.349 e. The molecule has 1 aliphatic carbocycles. The van der Waals surface area contributed by atoms with Crippen LogP contribution in [0.4, 0.5) is 0 Å². The summed E-state index contributed by atoms with van der Waals surface area (Å²) in [5.74, 6) is 0.494. The molecular weight excluding hydrogens is 284 g/mol. The van der Waals surface area contributed by atoms with Crippen molar-refractivity contribution < 1.29 is 4.79 Å². The van der Waals surface area contributed by atoms with Crippen LogP contribution in [0.3, 0.4) is 0 Å². The van der Waals surface area contributed by atoms with Gasteiger partial charge in [0.25, 0.3) is 0 Å². The van der Waals surface area contributed by atoms with Crippen molar-refractivity contribution >= 4 is 17.5 Å². The molecule has 1 heterocycles. The van der Waals surface area contributed by atoms with Crippen molar-refractivity contribution in [2.24, 2.45) is 5.92 Å². The predicted octanol–water partition coefficient (Wildman–Crippen LogP) is 3.72. The van der Waals surface area contributed by atoms with Gasteiger partial charge in [-0.3, -0.25) is 9.78 Å². The minimum absolute atomic E-state index is 0.0670. The van der Waals surface area contributed by atoms with Crippen LogP contribution in [-0.4, -0.2) is 10.9 Å². The molecule has 0 radical (unpaired) electrons. The lowest BCUT2D eigenvalue weighted by molar-refractivity contribution is -0.123. The molecule has 1 aromatic carbocycles. The molecule has 3 rings (SSSR count). The maximum Gasteiger partial charge on any atom is 0.224 e. The molecular formula is C17H17ClN2O. The van der Waals surface area contributed by atoms with Crippen LogP contribution in [0.15, 0.2) is 48.8 Å². The number of hydrogen-bond donors (Lipinski definition) is 1. The van der Waals surface area contributed by atoms with E-state index in [2.05, 4.69) is 10.3 Å². The number of nitrogens with zero attached hydrogens (tertiary/aromatic N) is 1. The lowest BCUT2D eigenvalue weighted by Gasteiger charge is -2.15. The number of aromatic nitrogens is 1. The Bertz CT molecular complexity index is 644. The molecule has 1 N–H and O–H groups in total. The fourth-order valence-corrected chi connectivity index (χ4v) is 2.99. The Morgan fingerprint density at radius 1 is 1.29 bits per heavy atom. The monoisotopic (exact) mass is 300 g/mol. The maximum atomic E-state index is 12.3. The van der Waals surface area contributed by atoms with Gasteiger partial charge in [-0.1, -0.05) is 29.8 Å². The zero-order valence-electron chi connectivity index (χ0n) is 11.8. The van der Waals surface area contributed by atoms with Crippen molar-refractivity contribution in [1.82, 2.24) is 10.3 Å². The van der Waals surface area contributed by atoms with Gasteiger partial charge in [0.2, 0.25) is 5.91 Å². The van der Waals surface area contributed by atoms with Gasteiger partial charge in [-0.05, 0) is 48.6 Å². The van der Waals surface area contributed by atoms with Gasteiger partial charge in [0.05, 0.1) is 6.04 Å². The molecule has 0 unspecified atom stereocenters. The average molecular weight is 301 g/mol. The zero-order valence-corrected chi connectivity index (χ0v) is 12.5. The smallest absolute Gasteiger partial charge is 0.224 e. The van der Waals surface area contributed by atoms with E-state index < -0.39 is 0 Å². The van der Waals surface area contributed by atoms with E-state index in [9.17, 15) is 4.79 Å². The molecule has 4 heteroatoms. The number of halogens is 1. The normalized spacial score (nSPS) is 21.6. The lowest BCUT2D eigenvalue weighted by atomic mass is 10.1. The maximum absolute atomic E-state index is 12.3. The Hall–Kier alpha value is -1.87. The first-order chi connectivity index (χ1) is 10.2. The Kier molecular flexibility index (Phi) is 3.93. The summed E-state index contributed by atoms with van der Waals surface area (Å²) < 4.78 is 0. The number of benzene rings is 1. The summed E-state index contributed by atoms with van der Waals surface area (Å²) in [4.78, 5) is 16.3. The van der Waals surface area contributed by atoms with Crippen molar-refractivity contribution in [2.45, 2.75) is 25.3 Å². The van der Waals surface area contributed by atoms with Gasteiger partial charge in [0.1, 0.15) is 0 Å². The van der Waals surface area contributed by atoms with Crippen molar-refractivity contribution in [1.29, 1.82) is 0 Å². The summed E-state index contributed by atoms with van der Waals surface area (Å²) in [7, 11) is 0. The summed E-state index contributed by atoms with van der Waals surface area (Å²) >= 11 is 6.16. The van der Waals surface area contributed by atoms with Crippen LogP contribution in [0.2, 0.25) is 5.02 Å². The van der Waals surface area contributed by atoms with Crippen molar-refractivity contribution in [2.75, 3.05) is 0 Å². The quantitative estimate of drug-likeness (QED) is 0.935. The SMILES string of the molecule is C[C@H](NC(=O)[C@H]1C[C@H]1c1ccncc1)c1ccccc1Cl.